The first kappa shape index (κ1) is 22.9. The summed E-state index contributed by atoms with van der Waals surface area (Å²) in [5, 5.41) is 15.1. The highest BCUT2D eigenvalue weighted by molar-refractivity contribution is 6.05. The van der Waals surface area contributed by atoms with E-state index in [1.54, 1.807) is 12.1 Å². The van der Waals surface area contributed by atoms with E-state index in [2.05, 4.69) is 15.6 Å². The van der Waals surface area contributed by atoms with Gasteiger partial charge in [-0.3, -0.25) is 9.59 Å². The van der Waals surface area contributed by atoms with E-state index >= 15 is 0 Å². The smallest absolute Gasteiger partial charge is 0.255 e. The topological polar surface area (TPSA) is 110 Å². The van der Waals surface area contributed by atoms with Crippen molar-refractivity contribution in [3.63, 3.8) is 0 Å². The van der Waals surface area contributed by atoms with Crippen molar-refractivity contribution in [2.24, 2.45) is 0 Å². The van der Waals surface area contributed by atoms with E-state index in [-0.39, 0.29) is 18.4 Å². The molecule has 2 amide bonds. The summed E-state index contributed by atoms with van der Waals surface area (Å²) in [5.74, 6) is 0.626. The number of nitrogens with zero attached hydrogens (tertiary/aromatic N) is 2. The van der Waals surface area contributed by atoms with Crippen LogP contribution in [0.3, 0.4) is 0 Å². The minimum absolute atomic E-state index is 0.0413. The molecular weight excluding hydrogens is 442 g/mol. The fourth-order valence-corrected chi connectivity index (χ4v) is 4.12. The van der Waals surface area contributed by atoms with Crippen LogP contribution in [0.5, 0.6) is 0 Å². The van der Waals surface area contributed by atoms with Gasteiger partial charge < -0.3 is 25.6 Å². The van der Waals surface area contributed by atoms with Crippen LogP contribution >= 0.6 is 0 Å². The van der Waals surface area contributed by atoms with Gasteiger partial charge in [-0.1, -0.05) is 12.2 Å². The number of benzene rings is 2. The van der Waals surface area contributed by atoms with Crippen LogP contribution in [0.25, 0.3) is 16.6 Å². The Morgan fingerprint density at radius 3 is 2.57 bits per heavy atom. The number of aromatic nitrogens is 2. The third-order valence-corrected chi connectivity index (χ3v) is 6.40. The number of aromatic amines is 1. The summed E-state index contributed by atoms with van der Waals surface area (Å²) in [7, 11) is 1.89. The number of nitrogens with one attached hydrogen (secondary N) is 3. The largest absolute Gasteiger partial charge is 0.395 e. The SMILES string of the molecule is CN(CCO)c1ccc(C(=O)Nc2ccc3nc(C4=CC=C(C(=O)NC5CC5)CC4)[nH]c3c2)cc1. The maximum Gasteiger partial charge on any atom is 0.255 e. The Bertz CT molecular complexity index is 1320. The number of imidazole rings is 1. The van der Waals surface area contributed by atoms with Crippen molar-refractivity contribution in [1.82, 2.24) is 15.3 Å². The molecule has 0 radical (unpaired) electrons. The Kier molecular flexibility index (Phi) is 6.37. The average Bonchev–Trinajstić information content (AvgIpc) is 3.59. The van der Waals surface area contributed by atoms with Crippen LogP contribution in [0, 0.1) is 0 Å². The normalized spacial score (nSPS) is 15.4. The molecule has 1 heterocycles. The first-order valence-corrected chi connectivity index (χ1v) is 11.9. The average molecular weight is 472 g/mol. The molecule has 0 unspecified atom stereocenters. The van der Waals surface area contributed by atoms with Gasteiger partial charge in [-0.05, 0) is 73.7 Å². The molecule has 35 heavy (non-hydrogen) atoms. The summed E-state index contributed by atoms with van der Waals surface area (Å²) in [6, 6.07) is 13.2. The van der Waals surface area contributed by atoms with Crippen LogP contribution in [0.2, 0.25) is 0 Å². The summed E-state index contributed by atoms with van der Waals surface area (Å²) in [5.41, 5.74) is 5.69. The van der Waals surface area contributed by atoms with Crippen molar-refractivity contribution >= 4 is 39.8 Å². The van der Waals surface area contributed by atoms with Crippen molar-refractivity contribution < 1.29 is 14.7 Å². The van der Waals surface area contributed by atoms with Gasteiger partial charge in [0.25, 0.3) is 5.91 Å². The molecule has 8 nitrogen and oxygen atoms in total. The number of aliphatic hydroxyl groups excluding tert-OH is 1. The van der Waals surface area contributed by atoms with E-state index in [0.29, 0.717) is 30.3 Å². The second-order valence-corrected chi connectivity index (χ2v) is 9.10. The highest BCUT2D eigenvalue weighted by Gasteiger charge is 2.25. The van der Waals surface area contributed by atoms with Crippen LogP contribution in [-0.2, 0) is 4.79 Å². The molecule has 5 rings (SSSR count). The van der Waals surface area contributed by atoms with E-state index in [0.717, 1.165) is 53.0 Å². The second kappa shape index (κ2) is 9.76. The number of hydrogen-bond acceptors (Lipinski definition) is 5. The molecule has 0 aliphatic heterocycles. The molecule has 4 N–H and O–H groups in total. The Hall–Kier alpha value is -3.91. The van der Waals surface area contributed by atoms with Crippen LogP contribution in [0.15, 0.2) is 60.2 Å². The fraction of sp³-hybridized carbons (Fsp3) is 0.296. The molecule has 2 aliphatic carbocycles. The van der Waals surface area contributed by atoms with Gasteiger partial charge in [0.05, 0.1) is 17.6 Å². The minimum atomic E-state index is -0.197. The number of rotatable bonds is 8. The molecule has 8 heteroatoms. The molecule has 2 aliphatic rings. The van der Waals surface area contributed by atoms with Crippen LogP contribution < -0.4 is 15.5 Å². The summed E-state index contributed by atoms with van der Waals surface area (Å²) >= 11 is 0. The van der Waals surface area contributed by atoms with Gasteiger partial charge in [-0.15, -0.1) is 0 Å². The monoisotopic (exact) mass is 471 g/mol. The van der Waals surface area contributed by atoms with Crippen molar-refractivity contribution in [2.75, 3.05) is 30.4 Å². The van der Waals surface area contributed by atoms with Gasteiger partial charge in [0.1, 0.15) is 5.82 Å². The molecule has 1 aromatic heterocycles. The van der Waals surface area contributed by atoms with E-state index < -0.39 is 0 Å². The number of carbonyl (C=O) groups excluding carboxylic acids is 2. The zero-order valence-corrected chi connectivity index (χ0v) is 19.7. The number of aliphatic hydroxyl groups is 1. The van der Waals surface area contributed by atoms with Crippen LogP contribution in [-0.4, -0.2) is 53.1 Å². The molecule has 3 aromatic rings. The van der Waals surface area contributed by atoms with Gasteiger partial charge in [0.2, 0.25) is 5.91 Å². The first-order valence-electron chi connectivity index (χ1n) is 11.9. The second-order valence-electron chi connectivity index (χ2n) is 9.10. The maximum absolute atomic E-state index is 12.7. The summed E-state index contributed by atoms with van der Waals surface area (Å²) in [6.45, 7) is 0.602. The highest BCUT2D eigenvalue weighted by Crippen LogP contribution is 2.28. The number of H-pyrrole nitrogens is 1. The number of fused-ring (bicyclic) bond motifs is 1. The maximum atomic E-state index is 12.7. The highest BCUT2D eigenvalue weighted by atomic mass is 16.3. The first-order chi connectivity index (χ1) is 17.0. The van der Waals surface area contributed by atoms with Gasteiger partial charge in [-0.2, -0.15) is 0 Å². The molecule has 0 saturated heterocycles. The quantitative estimate of drug-likeness (QED) is 0.401. The van der Waals surface area contributed by atoms with Crippen molar-refractivity contribution in [3.8, 4) is 0 Å². The van der Waals surface area contributed by atoms with Gasteiger partial charge in [-0.25, -0.2) is 4.98 Å². The third kappa shape index (κ3) is 5.27. The lowest BCUT2D eigenvalue weighted by atomic mass is 9.97. The predicted molar refractivity (Wildman–Crippen MR) is 137 cm³/mol. The molecule has 1 saturated carbocycles. The fourth-order valence-electron chi connectivity index (χ4n) is 4.12. The lowest BCUT2D eigenvalue weighted by Crippen LogP contribution is -2.27. The summed E-state index contributed by atoms with van der Waals surface area (Å²) < 4.78 is 0. The van der Waals surface area contributed by atoms with Crippen LogP contribution in [0.4, 0.5) is 11.4 Å². The molecule has 1 fully saturated rings. The predicted octanol–water partition coefficient (Wildman–Crippen LogP) is 3.63. The summed E-state index contributed by atoms with van der Waals surface area (Å²) in [6.07, 6.45) is 7.46. The van der Waals surface area contributed by atoms with Crippen molar-refractivity contribution in [3.05, 3.63) is 71.6 Å². The molecular formula is C27H29N5O3. The van der Waals surface area contributed by atoms with Gasteiger partial charge in [0.15, 0.2) is 0 Å². The van der Waals surface area contributed by atoms with E-state index in [1.807, 2.05) is 54.4 Å². The standard InChI is InChI=1S/C27H29N5O3/c1-32(14-15-33)22-11-6-19(7-12-22)27(35)29-21-10-13-23-24(16-21)31-25(30-23)17-2-4-18(5-3-17)26(34)28-20-8-9-20/h2,4,6-7,10-13,16,20,33H,3,5,8-9,14-15H2,1H3,(H,28,34)(H,29,35)(H,30,31). The molecule has 180 valence electrons. The third-order valence-electron chi connectivity index (χ3n) is 6.40. The zero-order valence-electron chi connectivity index (χ0n) is 19.7. The number of anilines is 2. The van der Waals surface area contributed by atoms with Crippen LogP contribution in [0.1, 0.15) is 41.9 Å². The Balaban J connectivity index is 1.26. The number of amides is 2. The van der Waals surface area contributed by atoms with E-state index in [1.165, 1.54) is 0 Å². The summed E-state index contributed by atoms with van der Waals surface area (Å²) in [4.78, 5) is 35.0. The zero-order chi connectivity index (χ0) is 24.4. The van der Waals surface area contributed by atoms with E-state index in [4.69, 9.17) is 10.1 Å². The molecule has 0 spiro atoms. The van der Waals surface area contributed by atoms with Crippen molar-refractivity contribution in [2.45, 2.75) is 31.7 Å². The van der Waals surface area contributed by atoms with Crippen molar-refractivity contribution in [1.29, 1.82) is 0 Å². The Labute approximate surface area is 203 Å². The number of hydrogen-bond donors (Lipinski definition) is 4. The molecule has 2 aromatic carbocycles. The number of allylic oxidation sites excluding steroid dienone is 3. The molecule has 0 bridgehead atoms. The molecule has 0 atom stereocenters. The Morgan fingerprint density at radius 2 is 1.89 bits per heavy atom. The number of carbonyl (C=O) groups is 2. The number of likely N-dealkylation sites (N-methyl/N-ethyl adjacent to an activating group) is 1. The minimum Gasteiger partial charge on any atom is -0.395 e. The van der Waals surface area contributed by atoms with E-state index in [9.17, 15) is 9.59 Å². The van der Waals surface area contributed by atoms with Gasteiger partial charge >= 0.3 is 0 Å². The lowest BCUT2D eigenvalue weighted by molar-refractivity contribution is -0.117. The lowest BCUT2D eigenvalue weighted by Gasteiger charge is -2.18. The Morgan fingerprint density at radius 1 is 1.09 bits per heavy atom. The van der Waals surface area contributed by atoms with Gasteiger partial charge in [0, 0.05) is 42.1 Å².